The van der Waals surface area contributed by atoms with E-state index < -0.39 is 0 Å². The molecule has 7 heavy (non-hydrogen) atoms. The Morgan fingerprint density at radius 2 is 2.57 bits per heavy atom. The van der Waals surface area contributed by atoms with Gasteiger partial charge in [0.15, 0.2) is 0 Å². The molecule has 1 rings (SSSR count). The molecule has 0 fully saturated rings. The first-order valence-electron chi connectivity index (χ1n) is 1.79. The summed E-state index contributed by atoms with van der Waals surface area (Å²) < 4.78 is 0.972. The zero-order valence-electron chi connectivity index (χ0n) is 3.73. The van der Waals surface area contributed by atoms with E-state index in [0.29, 0.717) is 0 Å². The van der Waals surface area contributed by atoms with Gasteiger partial charge in [0, 0.05) is 0 Å². The van der Waals surface area contributed by atoms with Gasteiger partial charge < -0.3 is 0 Å². The van der Waals surface area contributed by atoms with Crippen molar-refractivity contribution < 1.29 is 0 Å². The van der Waals surface area contributed by atoms with Crippen molar-refractivity contribution in [3.05, 3.63) is 14.1 Å². The average Bonchev–Trinajstić information content (AvgIpc) is 1.87. The maximum Gasteiger partial charge on any atom is 0.121 e. The molecule has 0 spiro atoms. The minimum Gasteiger partial charge on any atom is -0.235 e. The molecule has 0 aliphatic rings. The van der Waals surface area contributed by atoms with E-state index in [1.807, 2.05) is 6.92 Å². The van der Waals surface area contributed by atoms with Crippen molar-refractivity contribution in [2.75, 3.05) is 0 Å². The van der Waals surface area contributed by atoms with Gasteiger partial charge in [-0.15, -0.1) is 11.3 Å². The lowest BCUT2D eigenvalue weighted by molar-refractivity contribution is 1.26. The Balaban J connectivity index is 3.04. The largest absolute Gasteiger partial charge is 0.235 e. The molecule has 0 amide bonds. The van der Waals surface area contributed by atoms with Crippen LogP contribution in [0.4, 0.5) is 0 Å². The molecule has 1 radical (unpaired) electrons. The zero-order valence-corrected chi connectivity index (χ0v) is 6.71. The highest BCUT2D eigenvalue weighted by Crippen LogP contribution is 2.07. The van der Waals surface area contributed by atoms with E-state index in [4.69, 9.17) is 0 Å². The Morgan fingerprint density at radius 1 is 1.86 bits per heavy atom. The van der Waals surface area contributed by atoms with Gasteiger partial charge in [-0.3, -0.25) is 0 Å². The lowest BCUT2D eigenvalue weighted by atomic mass is 10.8. The van der Waals surface area contributed by atoms with Crippen molar-refractivity contribution in [3.63, 3.8) is 0 Å². The van der Waals surface area contributed by atoms with Gasteiger partial charge in [-0.2, -0.15) is 0 Å². The SMILES string of the molecule is Cc1nc(I)[c]s1. The minimum atomic E-state index is 0.972. The Bertz CT molecular complexity index is 144. The maximum atomic E-state index is 4.06. The summed E-state index contributed by atoms with van der Waals surface area (Å²) in [7, 11) is 0. The van der Waals surface area contributed by atoms with Gasteiger partial charge in [-0.05, 0) is 29.5 Å². The number of aromatic nitrogens is 1. The highest BCUT2D eigenvalue weighted by Gasteiger charge is 1.89. The third kappa shape index (κ3) is 1.38. The molecule has 0 bridgehead atoms. The molecular formula is C4H3INS. The van der Waals surface area contributed by atoms with Crippen LogP contribution in [-0.4, -0.2) is 4.98 Å². The first-order valence-corrected chi connectivity index (χ1v) is 3.69. The summed E-state index contributed by atoms with van der Waals surface area (Å²) in [5, 5.41) is 4.07. The van der Waals surface area contributed by atoms with Gasteiger partial charge in [0.05, 0.1) is 10.4 Å². The molecule has 0 aliphatic heterocycles. The summed E-state index contributed by atoms with van der Waals surface area (Å²) in [6.45, 7) is 1.98. The van der Waals surface area contributed by atoms with E-state index in [0.717, 1.165) is 8.71 Å². The van der Waals surface area contributed by atoms with Gasteiger partial charge in [-0.1, -0.05) is 0 Å². The average molecular weight is 224 g/mol. The fraction of sp³-hybridized carbons (Fsp3) is 0.250. The zero-order chi connectivity index (χ0) is 5.28. The molecule has 3 heteroatoms. The number of halogens is 1. The molecule has 1 aromatic rings. The lowest BCUT2D eigenvalue weighted by Gasteiger charge is -1.68. The molecule has 0 N–H and O–H groups in total. The second-order valence-electron chi connectivity index (χ2n) is 1.13. The molecule has 0 unspecified atom stereocenters. The predicted octanol–water partition coefficient (Wildman–Crippen LogP) is 1.86. The molecule has 1 heterocycles. The van der Waals surface area contributed by atoms with Crippen LogP contribution < -0.4 is 0 Å². The summed E-state index contributed by atoms with van der Waals surface area (Å²) in [6.07, 6.45) is 0. The second kappa shape index (κ2) is 2.09. The van der Waals surface area contributed by atoms with Crippen LogP contribution in [0.25, 0.3) is 0 Å². The number of thiazole rings is 1. The predicted molar refractivity (Wildman–Crippen MR) is 38.4 cm³/mol. The fourth-order valence-corrected chi connectivity index (χ4v) is 1.57. The fourth-order valence-electron chi connectivity index (χ4n) is 0.300. The van der Waals surface area contributed by atoms with Crippen LogP contribution in [0.2, 0.25) is 0 Å². The van der Waals surface area contributed by atoms with Crippen molar-refractivity contribution in [1.82, 2.24) is 4.98 Å². The lowest BCUT2D eigenvalue weighted by Crippen LogP contribution is -1.66. The van der Waals surface area contributed by atoms with Crippen LogP contribution in [0.1, 0.15) is 5.01 Å². The van der Waals surface area contributed by atoms with E-state index in [-0.39, 0.29) is 0 Å². The van der Waals surface area contributed by atoms with Crippen LogP contribution in [0, 0.1) is 16.0 Å². The Morgan fingerprint density at radius 3 is 2.71 bits per heavy atom. The molecule has 1 aromatic heterocycles. The van der Waals surface area contributed by atoms with Gasteiger partial charge in [0.25, 0.3) is 0 Å². The summed E-state index contributed by atoms with van der Waals surface area (Å²) >= 11 is 3.71. The Kier molecular flexibility index (Phi) is 1.64. The molecule has 0 aromatic carbocycles. The van der Waals surface area contributed by atoms with Crippen LogP contribution >= 0.6 is 33.9 Å². The molecule has 1 nitrogen and oxygen atoms in total. The molecule has 37 valence electrons. The molecule has 0 saturated heterocycles. The second-order valence-corrected chi connectivity index (χ2v) is 3.15. The van der Waals surface area contributed by atoms with Gasteiger partial charge in [0.1, 0.15) is 3.70 Å². The number of aryl methyl sites for hydroxylation is 1. The van der Waals surface area contributed by atoms with Crippen LogP contribution in [0.15, 0.2) is 0 Å². The Hall–Kier alpha value is 0.360. The highest BCUT2D eigenvalue weighted by molar-refractivity contribution is 14.1. The minimum absolute atomic E-state index is 0.972. The van der Waals surface area contributed by atoms with Crippen LogP contribution in [-0.2, 0) is 0 Å². The van der Waals surface area contributed by atoms with Crippen molar-refractivity contribution >= 4 is 33.9 Å². The molecule has 0 saturated carbocycles. The van der Waals surface area contributed by atoms with Gasteiger partial charge in [0.2, 0.25) is 0 Å². The summed E-state index contributed by atoms with van der Waals surface area (Å²) in [4.78, 5) is 4.06. The normalized spacial score (nSPS) is 9.43. The quantitative estimate of drug-likeness (QED) is 0.613. The van der Waals surface area contributed by atoms with E-state index in [2.05, 4.69) is 33.0 Å². The first-order chi connectivity index (χ1) is 3.29. The van der Waals surface area contributed by atoms with E-state index in [9.17, 15) is 0 Å². The summed E-state index contributed by atoms with van der Waals surface area (Å²) in [6, 6.07) is 0. The van der Waals surface area contributed by atoms with Crippen LogP contribution in [0.3, 0.4) is 0 Å². The van der Waals surface area contributed by atoms with E-state index in [1.165, 1.54) is 0 Å². The van der Waals surface area contributed by atoms with Gasteiger partial charge in [-0.25, -0.2) is 4.98 Å². The molecule has 0 aliphatic carbocycles. The van der Waals surface area contributed by atoms with Crippen LogP contribution in [0.5, 0.6) is 0 Å². The monoisotopic (exact) mass is 224 g/mol. The Labute approximate surface area is 59.9 Å². The maximum absolute atomic E-state index is 4.06. The van der Waals surface area contributed by atoms with E-state index in [1.54, 1.807) is 11.3 Å². The number of hydrogen-bond acceptors (Lipinski definition) is 2. The smallest absolute Gasteiger partial charge is 0.121 e. The summed E-state index contributed by atoms with van der Waals surface area (Å²) in [5.74, 6) is 0. The third-order valence-corrected chi connectivity index (χ3v) is 2.10. The standard InChI is InChI=1S/C4H3INS/c1-3-6-4(5)2-7-3/h1H3. The number of nitrogens with zero attached hydrogens (tertiary/aromatic N) is 1. The molecular weight excluding hydrogens is 221 g/mol. The number of rotatable bonds is 0. The van der Waals surface area contributed by atoms with Crippen molar-refractivity contribution in [2.45, 2.75) is 6.92 Å². The highest BCUT2D eigenvalue weighted by atomic mass is 127. The van der Waals surface area contributed by atoms with Crippen molar-refractivity contribution in [2.24, 2.45) is 0 Å². The van der Waals surface area contributed by atoms with Gasteiger partial charge >= 0.3 is 0 Å². The topological polar surface area (TPSA) is 12.9 Å². The first kappa shape index (κ1) is 5.50. The number of hydrogen-bond donors (Lipinski definition) is 0. The van der Waals surface area contributed by atoms with Crippen molar-refractivity contribution in [3.8, 4) is 0 Å². The van der Waals surface area contributed by atoms with Crippen molar-refractivity contribution in [1.29, 1.82) is 0 Å². The third-order valence-electron chi connectivity index (χ3n) is 0.539. The van der Waals surface area contributed by atoms with E-state index >= 15 is 0 Å². The molecule has 0 atom stereocenters. The summed E-state index contributed by atoms with van der Waals surface area (Å²) in [5.41, 5.74) is 0.